The zero-order chi connectivity index (χ0) is 20.0. The third-order valence-corrected chi connectivity index (χ3v) is 6.38. The topological polar surface area (TPSA) is 85.6 Å². The van der Waals surface area contributed by atoms with E-state index in [4.69, 9.17) is 20.8 Å². The molecule has 0 spiro atoms. The number of hydrogen-bond donors (Lipinski definition) is 1. The third kappa shape index (κ3) is 3.10. The number of halogens is 1. The molecule has 1 aliphatic rings. The van der Waals surface area contributed by atoms with Crippen molar-refractivity contribution >= 4 is 50.8 Å². The maximum atomic E-state index is 12.7. The van der Waals surface area contributed by atoms with Crippen molar-refractivity contribution in [3.05, 3.63) is 60.8 Å². The number of benzene rings is 1. The number of rotatable bonds is 3. The Balaban J connectivity index is 1.73. The maximum Gasteiger partial charge on any atom is 0.341 e. The number of carbonyl (C=O) groups excluding carboxylic acids is 2. The molecule has 4 rings (SSSR count). The lowest BCUT2D eigenvalue weighted by Gasteiger charge is -2.08. The van der Waals surface area contributed by atoms with Crippen molar-refractivity contribution in [3.63, 3.8) is 0 Å². The Labute approximate surface area is 169 Å². The van der Waals surface area contributed by atoms with Gasteiger partial charge in [0.05, 0.1) is 18.1 Å². The van der Waals surface area contributed by atoms with Gasteiger partial charge in [0.2, 0.25) is 0 Å². The number of thiophene rings is 1. The van der Waals surface area contributed by atoms with Gasteiger partial charge in [-0.15, -0.1) is 11.3 Å². The normalized spacial score (nSPS) is 12.8. The molecule has 0 aliphatic heterocycles. The van der Waals surface area contributed by atoms with Crippen LogP contribution in [-0.4, -0.2) is 19.0 Å². The second kappa shape index (κ2) is 7.07. The Bertz CT molecular complexity index is 1190. The first-order chi connectivity index (χ1) is 13.4. The van der Waals surface area contributed by atoms with E-state index < -0.39 is 11.9 Å². The first-order valence-corrected chi connectivity index (χ1v) is 9.86. The predicted molar refractivity (Wildman–Crippen MR) is 108 cm³/mol. The average molecular weight is 418 g/mol. The summed E-state index contributed by atoms with van der Waals surface area (Å²) in [6.45, 7) is 1.78. The van der Waals surface area contributed by atoms with E-state index in [0.717, 1.165) is 41.3 Å². The van der Waals surface area contributed by atoms with Gasteiger partial charge >= 0.3 is 5.97 Å². The quantitative estimate of drug-likeness (QED) is 0.640. The van der Waals surface area contributed by atoms with E-state index in [2.05, 4.69) is 5.32 Å². The zero-order valence-corrected chi connectivity index (χ0v) is 16.8. The van der Waals surface area contributed by atoms with Crippen LogP contribution in [-0.2, 0) is 17.6 Å². The third-order valence-electron chi connectivity index (χ3n) is 4.77. The summed E-state index contributed by atoms with van der Waals surface area (Å²) >= 11 is 7.42. The van der Waals surface area contributed by atoms with Crippen LogP contribution in [0.25, 0.3) is 11.0 Å². The van der Waals surface area contributed by atoms with Crippen LogP contribution in [0.5, 0.6) is 0 Å². The van der Waals surface area contributed by atoms with E-state index in [9.17, 15) is 14.4 Å². The fourth-order valence-corrected chi connectivity index (χ4v) is 4.80. The zero-order valence-electron chi connectivity index (χ0n) is 15.2. The number of aryl methyl sites for hydroxylation is 2. The Kier molecular flexibility index (Phi) is 4.72. The average Bonchev–Trinajstić information content (AvgIpc) is 3.23. The van der Waals surface area contributed by atoms with Crippen molar-refractivity contribution in [2.24, 2.45) is 0 Å². The summed E-state index contributed by atoms with van der Waals surface area (Å²) in [6, 6.07) is 4.27. The van der Waals surface area contributed by atoms with Crippen LogP contribution >= 0.6 is 22.9 Å². The number of ether oxygens (including phenoxy) is 1. The Morgan fingerprint density at radius 1 is 1.25 bits per heavy atom. The summed E-state index contributed by atoms with van der Waals surface area (Å²) in [5.41, 5.74) is 1.96. The standard InChI is InChI=1S/C20H16ClNO5S/c1-9-6-14-11(7-12(9)21)13(23)8-15(27-14)18(24)22-19-17(20(25)26-2)10-4-3-5-16(10)28-19/h6-8H,3-5H2,1-2H3,(H,22,24). The Morgan fingerprint density at radius 2 is 2.04 bits per heavy atom. The number of hydrogen-bond acceptors (Lipinski definition) is 6. The molecule has 0 radical (unpaired) electrons. The van der Waals surface area contributed by atoms with Gasteiger partial charge in [-0.1, -0.05) is 11.6 Å². The minimum absolute atomic E-state index is 0.136. The molecule has 1 amide bonds. The van der Waals surface area contributed by atoms with Gasteiger partial charge in [0.1, 0.15) is 10.6 Å². The molecule has 2 heterocycles. The Hall–Kier alpha value is -2.64. The number of methoxy groups -OCH3 is 1. The highest BCUT2D eigenvalue weighted by Crippen LogP contribution is 2.39. The fraction of sp³-hybridized carbons (Fsp3) is 0.250. The first kappa shape index (κ1) is 18.7. The van der Waals surface area contributed by atoms with Crippen LogP contribution in [0.15, 0.2) is 27.4 Å². The maximum absolute atomic E-state index is 12.7. The van der Waals surface area contributed by atoms with E-state index in [1.807, 2.05) is 0 Å². The molecule has 0 unspecified atom stereocenters. The van der Waals surface area contributed by atoms with E-state index >= 15 is 0 Å². The molecule has 8 heteroatoms. The smallest absolute Gasteiger partial charge is 0.341 e. The summed E-state index contributed by atoms with van der Waals surface area (Å²) in [6.07, 6.45) is 2.61. The van der Waals surface area contributed by atoms with Gasteiger partial charge in [-0.25, -0.2) is 4.79 Å². The molecule has 6 nitrogen and oxygen atoms in total. The van der Waals surface area contributed by atoms with Crippen molar-refractivity contribution < 1.29 is 18.7 Å². The summed E-state index contributed by atoms with van der Waals surface area (Å²) in [4.78, 5) is 38.4. The van der Waals surface area contributed by atoms with E-state index in [1.54, 1.807) is 13.0 Å². The molecule has 1 aliphatic carbocycles. The number of fused-ring (bicyclic) bond motifs is 2. The Morgan fingerprint density at radius 3 is 2.79 bits per heavy atom. The molecule has 0 bridgehead atoms. The van der Waals surface area contributed by atoms with Crippen molar-refractivity contribution in [1.82, 2.24) is 0 Å². The summed E-state index contributed by atoms with van der Waals surface area (Å²) in [7, 11) is 1.31. The molecular formula is C20H16ClNO5S. The number of nitrogens with one attached hydrogen (secondary N) is 1. The van der Waals surface area contributed by atoms with Crippen molar-refractivity contribution in [3.8, 4) is 0 Å². The molecule has 0 saturated heterocycles. The molecule has 1 N–H and O–H groups in total. The van der Waals surface area contributed by atoms with Gasteiger partial charge in [0.25, 0.3) is 5.91 Å². The lowest BCUT2D eigenvalue weighted by atomic mass is 10.1. The molecule has 0 atom stereocenters. The number of carbonyl (C=O) groups is 2. The molecule has 28 heavy (non-hydrogen) atoms. The van der Waals surface area contributed by atoms with Gasteiger partial charge in [-0.3, -0.25) is 9.59 Å². The summed E-state index contributed by atoms with van der Waals surface area (Å²) in [5, 5.41) is 3.88. The summed E-state index contributed by atoms with van der Waals surface area (Å²) < 4.78 is 10.5. The van der Waals surface area contributed by atoms with Crippen molar-refractivity contribution in [2.45, 2.75) is 26.2 Å². The van der Waals surface area contributed by atoms with Crippen LogP contribution in [0, 0.1) is 6.92 Å². The van der Waals surface area contributed by atoms with E-state index in [0.29, 0.717) is 21.0 Å². The summed E-state index contributed by atoms with van der Waals surface area (Å²) in [5.74, 6) is -1.22. The molecule has 1 aromatic carbocycles. The molecular weight excluding hydrogens is 402 g/mol. The van der Waals surface area contributed by atoms with Gasteiger partial charge < -0.3 is 14.5 Å². The second-order valence-corrected chi connectivity index (χ2v) is 8.09. The van der Waals surface area contributed by atoms with E-state index in [1.165, 1.54) is 24.5 Å². The minimum Gasteiger partial charge on any atom is -0.465 e. The highest BCUT2D eigenvalue weighted by atomic mass is 35.5. The van der Waals surface area contributed by atoms with E-state index in [-0.39, 0.29) is 16.8 Å². The van der Waals surface area contributed by atoms with Crippen LogP contribution in [0.2, 0.25) is 5.02 Å². The van der Waals surface area contributed by atoms with Gasteiger partial charge in [-0.05, 0) is 49.4 Å². The first-order valence-electron chi connectivity index (χ1n) is 8.67. The number of esters is 1. The fourth-order valence-electron chi connectivity index (χ4n) is 3.36. The molecule has 144 valence electrons. The second-order valence-electron chi connectivity index (χ2n) is 6.58. The van der Waals surface area contributed by atoms with Gasteiger partial charge in [0, 0.05) is 16.0 Å². The molecule has 0 saturated carbocycles. The molecule has 0 fully saturated rings. The van der Waals surface area contributed by atoms with Crippen molar-refractivity contribution in [2.75, 3.05) is 12.4 Å². The minimum atomic E-state index is -0.600. The molecule has 2 aromatic heterocycles. The van der Waals surface area contributed by atoms with Crippen LogP contribution in [0.1, 0.15) is 43.3 Å². The van der Waals surface area contributed by atoms with Gasteiger partial charge in [0.15, 0.2) is 11.2 Å². The van der Waals surface area contributed by atoms with Crippen molar-refractivity contribution in [1.29, 1.82) is 0 Å². The number of amides is 1. The van der Waals surface area contributed by atoms with Gasteiger partial charge in [-0.2, -0.15) is 0 Å². The highest BCUT2D eigenvalue weighted by molar-refractivity contribution is 7.17. The van der Waals surface area contributed by atoms with Crippen LogP contribution in [0.3, 0.4) is 0 Å². The number of anilines is 1. The van der Waals surface area contributed by atoms with Crippen LogP contribution in [0.4, 0.5) is 5.00 Å². The lowest BCUT2D eigenvalue weighted by molar-refractivity contribution is 0.0601. The largest absolute Gasteiger partial charge is 0.465 e. The monoisotopic (exact) mass is 417 g/mol. The van der Waals surface area contributed by atoms with Crippen LogP contribution < -0.4 is 10.7 Å². The SMILES string of the molecule is COC(=O)c1c(NC(=O)c2cc(=O)c3cc(Cl)c(C)cc3o2)sc2c1CCC2. The predicted octanol–water partition coefficient (Wildman–Crippen LogP) is 4.34. The molecule has 3 aromatic rings. The highest BCUT2D eigenvalue weighted by Gasteiger charge is 2.28. The lowest BCUT2D eigenvalue weighted by Crippen LogP contribution is -2.16.